The van der Waals surface area contributed by atoms with Gasteiger partial charge < -0.3 is 4.90 Å². The molecule has 1 heterocycles. The van der Waals surface area contributed by atoms with Crippen molar-refractivity contribution >= 4 is 21.8 Å². The Morgan fingerprint density at radius 1 is 1.19 bits per heavy atom. The Hall–Kier alpha value is -0.0500. The van der Waals surface area contributed by atoms with Crippen LogP contribution >= 0.6 is 15.9 Å². The van der Waals surface area contributed by atoms with Crippen molar-refractivity contribution in [1.29, 1.82) is 0 Å². The van der Waals surface area contributed by atoms with E-state index >= 15 is 0 Å². The first-order valence-corrected chi connectivity index (χ1v) is 7.53. The van der Waals surface area contributed by atoms with Crippen molar-refractivity contribution in [3.8, 4) is 0 Å². The van der Waals surface area contributed by atoms with Crippen molar-refractivity contribution in [1.82, 2.24) is 4.90 Å². The van der Waals surface area contributed by atoms with Crippen molar-refractivity contribution in [2.24, 2.45) is 11.8 Å². The molecule has 1 saturated carbocycles. The monoisotopic (exact) mass is 287 g/mol. The van der Waals surface area contributed by atoms with Gasteiger partial charge >= 0.3 is 0 Å². The minimum atomic E-state index is 0.335. The standard InChI is InChI=1S/C13H22BrNO/c1-10-7-8-15(9-12(10)14)13(16)11-5-3-2-4-6-11/h10-12H,2-9H2,1H3. The zero-order valence-corrected chi connectivity index (χ0v) is 11.7. The number of rotatable bonds is 1. The van der Waals surface area contributed by atoms with E-state index in [0.717, 1.165) is 32.4 Å². The molecule has 0 radical (unpaired) electrons. The molecule has 92 valence electrons. The summed E-state index contributed by atoms with van der Waals surface area (Å²) in [6, 6.07) is 0. The molecule has 2 rings (SSSR count). The second-order valence-corrected chi connectivity index (χ2v) is 6.58. The molecule has 2 nitrogen and oxygen atoms in total. The number of likely N-dealkylation sites (tertiary alicyclic amines) is 1. The summed E-state index contributed by atoms with van der Waals surface area (Å²) in [5.41, 5.74) is 0. The van der Waals surface area contributed by atoms with Gasteiger partial charge in [0.25, 0.3) is 0 Å². The average Bonchev–Trinajstić information content (AvgIpc) is 2.33. The number of carbonyl (C=O) groups is 1. The number of hydrogen-bond donors (Lipinski definition) is 0. The van der Waals surface area contributed by atoms with Gasteiger partial charge in [0.05, 0.1) is 0 Å². The van der Waals surface area contributed by atoms with Crippen LogP contribution in [0.1, 0.15) is 45.4 Å². The van der Waals surface area contributed by atoms with Gasteiger partial charge in [-0.1, -0.05) is 42.1 Å². The molecule has 0 aromatic heterocycles. The highest BCUT2D eigenvalue weighted by atomic mass is 79.9. The van der Waals surface area contributed by atoms with Crippen LogP contribution in [0.2, 0.25) is 0 Å². The van der Waals surface area contributed by atoms with E-state index < -0.39 is 0 Å². The predicted octanol–water partition coefficient (Wildman–Crippen LogP) is 3.20. The highest BCUT2D eigenvalue weighted by Crippen LogP contribution is 2.29. The van der Waals surface area contributed by atoms with E-state index in [4.69, 9.17) is 0 Å². The smallest absolute Gasteiger partial charge is 0.225 e. The van der Waals surface area contributed by atoms with E-state index in [1.165, 1.54) is 19.3 Å². The molecule has 0 N–H and O–H groups in total. The molecule has 1 aliphatic carbocycles. The summed E-state index contributed by atoms with van der Waals surface area (Å²) in [6.07, 6.45) is 7.21. The van der Waals surface area contributed by atoms with Crippen LogP contribution in [0, 0.1) is 11.8 Å². The molecule has 3 heteroatoms. The van der Waals surface area contributed by atoms with Gasteiger partial charge in [-0.3, -0.25) is 4.79 Å². The quantitative estimate of drug-likeness (QED) is 0.679. The van der Waals surface area contributed by atoms with Gasteiger partial charge in [-0.2, -0.15) is 0 Å². The lowest BCUT2D eigenvalue weighted by molar-refractivity contribution is -0.137. The highest BCUT2D eigenvalue weighted by Gasteiger charge is 2.31. The van der Waals surface area contributed by atoms with E-state index in [1.807, 2.05) is 0 Å². The maximum atomic E-state index is 12.3. The molecule has 2 fully saturated rings. The Balaban J connectivity index is 1.89. The Morgan fingerprint density at radius 2 is 1.88 bits per heavy atom. The molecule has 0 bridgehead atoms. The van der Waals surface area contributed by atoms with E-state index in [0.29, 0.717) is 22.6 Å². The molecular weight excluding hydrogens is 266 g/mol. The lowest BCUT2D eigenvalue weighted by atomic mass is 9.87. The summed E-state index contributed by atoms with van der Waals surface area (Å²) in [5.74, 6) is 1.47. The maximum Gasteiger partial charge on any atom is 0.225 e. The molecule has 1 saturated heterocycles. The Kier molecular flexibility index (Phi) is 4.28. The van der Waals surface area contributed by atoms with Crippen molar-refractivity contribution < 1.29 is 4.79 Å². The third-order valence-electron chi connectivity index (χ3n) is 4.13. The van der Waals surface area contributed by atoms with Crippen LogP contribution in [0.15, 0.2) is 0 Å². The topological polar surface area (TPSA) is 20.3 Å². The van der Waals surface area contributed by atoms with E-state index in [-0.39, 0.29) is 0 Å². The third-order valence-corrected chi connectivity index (χ3v) is 5.32. The second kappa shape index (κ2) is 5.52. The van der Waals surface area contributed by atoms with Crippen molar-refractivity contribution in [2.75, 3.05) is 13.1 Å². The van der Waals surface area contributed by atoms with Gasteiger partial charge in [-0.15, -0.1) is 0 Å². The molecule has 0 spiro atoms. The van der Waals surface area contributed by atoms with Gasteiger partial charge in [-0.25, -0.2) is 0 Å². The third kappa shape index (κ3) is 2.79. The summed E-state index contributed by atoms with van der Waals surface area (Å²) < 4.78 is 0. The predicted molar refractivity (Wildman–Crippen MR) is 69.7 cm³/mol. The molecule has 0 aromatic carbocycles. The SMILES string of the molecule is CC1CCN(C(=O)C2CCCCC2)CC1Br. The number of carbonyl (C=O) groups excluding carboxylic acids is 1. The molecule has 2 unspecified atom stereocenters. The first-order chi connectivity index (χ1) is 7.68. The van der Waals surface area contributed by atoms with Crippen LogP contribution < -0.4 is 0 Å². The molecule has 1 aliphatic heterocycles. The van der Waals surface area contributed by atoms with Crippen LogP contribution in [-0.2, 0) is 4.79 Å². The lowest BCUT2D eigenvalue weighted by Crippen LogP contribution is -2.46. The zero-order chi connectivity index (χ0) is 11.5. The van der Waals surface area contributed by atoms with Crippen LogP contribution in [0.3, 0.4) is 0 Å². The molecule has 16 heavy (non-hydrogen) atoms. The number of amides is 1. The summed E-state index contributed by atoms with van der Waals surface area (Å²) in [5, 5.41) is 0. The lowest BCUT2D eigenvalue weighted by Gasteiger charge is -2.37. The molecule has 0 aromatic rings. The molecule has 1 amide bonds. The van der Waals surface area contributed by atoms with Gasteiger partial charge in [0.1, 0.15) is 0 Å². The Bertz CT molecular complexity index is 250. The number of alkyl halides is 1. The van der Waals surface area contributed by atoms with E-state index in [9.17, 15) is 4.79 Å². The molecular formula is C13H22BrNO. The summed E-state index contributed by atoms with van der Waals surface area (Å²) in [7, 11) is 0. The van der Waals surface area contributed by atoms with E-state index in [1.54, 1.807) is 0 Å². The van der Waals surface area contributed by atoms with Crippen LogP contribution in [-0.4, -0.2) is 28.7 Å². The molecule has 2 aliphatic rings. The number of hydrogen-bond acceptors (Lipinski definition) is 1. The Labute approximate surface area is 107 Å². The average molecular weight is 288 g/mol. The van der Waals surface area contributed by atoms with Gasteiger partial charge in [0, 0.05) is 23.8 Å². The number of nitrogens with zero attached hydrogens (tertiary/aromatic N) is 1. The van der Waals surface area contributed by atoms with E-state index in [2.05, 4.69) is 27.8 Å². The van der Waals surface area contributed by atoms with Gasteiger partial charge in [-0.05, 0) is 25.2 Å². The fraction of sp³-hybridized carbons (Fsp3) is 0.923. The van der Waals surface area contributed by atoms with Crippen LogP contribution in [0.4, 0.5) is 0 Å². The van der Waals surface area contributed by atoms with Gasteiger partial charge in [0.15, 0.2) is 0 Å². The van der Waals surface area contributed by atoms with Gasteiger partial charge in [0.2, 0.25) is 5.91 Å². The summed E-state index contributed by atoms with van der Waals surface area (Å²) >= 11 is 3.69. The Morgan fingerprint density at radius 3 is 2.50 bits per heavy atom. The fourth-order valence-corrected chi connectivity index (χ4v) is 3.44. The normalized spacial score (nSPS) is 32.8. The minimum Gasteiger partial charge on any atom is -0.341 e. The largest absolute Gasteiger partial charge is 0.341 e. The summed E-state index contributed by atoms with van der Waals surface area (Å²) in [6.45, 7) is 4.15. The summed E-state index contributed by atoms with van der Waals surface area (Å²) in [4.78, 5) is 14.9. The van der Waals surface area contributed by atoms with Crippen molar-refractivity contribution in [2.45, 2.75) is 50.3 Å². The van der Waals surface area contributed by atoms with Crippen molar-refractivity contribution in [3.63, 3.8) is 0 Å². The minimum absolute atomic E-state index is 0.335. The van der Waals surface area contributed by atoms with Crippen LogP contribution in [0.25, 0.3) is 0 Å². The first kappa shape index (κ1) is 12.4. The molecule has 2 atom stereocenters. The number of halogens is 1. The van der Waals surface area contributed by atoms with Crippen molar-refractivity contribution in [3.05, 3.63) is 0 Å². The second-order valence-electron chi connectivity index (χ2n) is 5.40. The zero-order valence-electron chi connectivity index (χ0n) is 10.1. The first-order valence-electron chi connectivity index (χ1n) is 6.61. The van der Waals surface area contributed by atoms with Crippen LogP contribution in [0.5, 0.6) is 0 Å². The maximum absolute atomic E-state index is 12.3. The fourth-order valence-electron chi connectivity index (χ4n) is 2.83. The highest BCUT2D eigenvalue weighted by molar-refractivity contribution is 9.09. The number of piperidine rings is 1.